The molecule has 1 unspecified atom stereocenters. The number of hydrogen-bond donors (Lipinski definition) is 2. The second kappa shape index (κ2) is 15.1. The van der Waals surface area contributed by atoms with Gasteiger partial charge in [0.25, 0.3) is 0 Å². The van der Waals surface area contributed by atoms with E-state index in [0.717, 1.165) is 50.1 Å². The van der Waals surface area contributed by atoms with E-state index in [4.69, 9.17) is 14.2 Å². The van der Waals surface area contributed by atoms with Gasteiger partial charge in [0.15, 0.2) is 17.5 Å². The lowest BCUT2D eigenvalue weighted by Crippen LogP contribution is -2.42. The predicted octanol–water partition coefficient (Wildman–Crippen LogP) is 3.06. The van der Waals surface area contributed by atoms with E-state index in [1.54, 1.807) is 14.2 Å². The van der Waals surface area contributed by atoms with E-state index in [2.05, 4.69) is 15.6 Å². The topological polar surface area (TPSA) is 64.1 Å². The molecule has 0 aliphatic carbocycles. The molecule has 0 aliphatic rings. The molecule has 0 saturated carbocycles. The largest absolute Gasteiger partial charge is 0.493 e. The van der Waals surface area contributed by atoms with Crippen molar-refractivity contribution in [3.63, 3.8) is 0 Å². The van der Waals surface area contributed by atoms with Crippen LogP contribution >= 0.6 is 24.0 Å². The Morgan fingerprint density at radius 1 is 1.16 bits per heavy atom. The molecule has 0 spiro atoms. The summed E-state index contributed by atoms with van der Waals surface area (Å²) in [5.74, 6) is 2.26. The number of benzene rings is 1. The van der Waals surface area contributed by atoms with E-state index in [9.17, 15) is 0 Å². The van der Waals surface area contributed by atoms with Gasteiger partial charge in [0.2, 0.25) is 0 Å². The fourth-order valence-electron chi connectivity index (χ4n) is 2.12. The van der Waals surface area contributed by atoms with E-state index in [1.165, 1.54) is 0 Å². The van der Waals surface area contributed by atoms with Crippen molar-refractivity contribution < 1.29 is 14.2 Å². The fourth-order valence-corrected chi connectivity index (χ4v) is 2.12. The third-order valence-corrected chi connectivity index (χ3v) is 3.39. The number of nitrogens with zero attached hydrogens (tertiary/aromatic N) is 1. The summed E-state index contributed by atoms with van der Waals surface area (Å²) in [5, 5.41) is 6.56. The van der Waals surface area contributed by atoms with Crippen LogP contribution in [0.1, 0.15) is 26.7 Å². The summed E-state index contributed by atoms with van der Waals surface area (Å²) in [5.41, 5.74) is 0. The monoisotopic (exact) mass is 465 g/mol. The molecule has 25 heavy (non-hydrogen) atoms. The first kappa shape index (κ1) is 23.8. The van der Waals surface area contributed by atoms with Crippen molar-refractivity contribution in [2.45, 2.75) is 32.8 Å². The second-order valence-corrected chi connectivity index (χ2v) is 5.36. The van der Waals surface area contributed by atoms with Gasteiger partial charge in [-0.25, -0.2) is 0 Å². The summed E-state index contributed by atoms with van der Waals surface area (Å²) in [6, 6.07) is 7.64. The lowest BCUT2D eigenvalue weighted by atomic mass is 10.3. The standard InChI is InChI=1S/C18H31N3O3.HI/c1-5-23-13-9-8-12-20-18(19-3)21-14-15(2)24-17-11-7-6-10-16(17)22-4;/h6-7,10-11,15H,5,8-9,12-14H2,1-4H3,(H2,19,20,21);1H. The number of nitrogens with one attached hydrogen (secondary N) is 2. The van der Waals surface area contributed by atoms with Crippen LogP contribution in [0.4, 0.5) is 0 Å². The van der Waals surface area contributed by atoms with Crippen LogP contribution < -0.4 is 20.1 Å². The number of guanidine groups is 1. The molecule has 144 valence electrons. The number of hydrogen-bond acceptors (Lipinski definition) is 4. The van der Waals surface area contributed by atoms with Gasteiger partial charge >= 0.3 is 0 Å². The molecule has 0 aliphatic heterocycles. The Morgan fingerprint density at radius 2 is 1.88 bits per heavy atom. The molecule has 0 saturated heterocycles. The van der Waals surface area contributed by atoms with Gasteiger partial charge in [-0.15, -0.1) is 24.0 Å². The highest BCUT2D eigenvalue weighted by Gasteiger charge is 2.09. The number of para-hydroxylation sites is 2. The van der Waals surface area contributed by atoms with Gasteiger partial charge in [-0.2, -0.15) is 0 Å². The normalized spacial score (nSPS) is 12.1. The van der Waals surface area contributed by atoms with Crippen LogP contribution in [0, 0.1) is 0 Å². The van der Waals surface area contributed by atoms with E-state index in [-0.39, 0.29) is 30.1 Å². The maximum atomic E-state index is 5.91. The molecule has 1 aromatic carbocycles. The Hall–Kier alpha value is -1.22. The highest BCUT2D eigenvalue weighted by atomic mass is 127. The molecule has 0 heterocycles. The Balaban J connectivity index is 0.00000576. The Morgan fingerprint density at radius 3 is 2.52 bits per heavy atom. The molecule has 7 heteroatoms. The molecule has 0 amide bonds. The highest BCUT2D eigenvalue weighted by Crippen LogP contribution is 2.26. The maximum absolute atomic E-state index is 5.91. The molecule has 1 atom stereocenters. The molecule has 2 N–H and O–H groups in total. The zero-order chi connectivity index (χ0) is 17.6. The van der Waals surface area contributed by atoms with Crippen molar-refractivity contribution in [2.75, 3.05) is 40.5 Å². The molecule has 1 aromatic rings. The number of methoxy groups -OCH3 is 1. The van der Waals surface area contributed by atoms with E-state index < -0.39 is 0 Å². The van der Waals surface area contributed by atoms with Crippen molar-refractivity contribution in [1.82, 2.24) is 10.6 Å². The summed E-state index contributed by atoms with van der Waals surface area (Å²) in [6.07, 6.45) is 2.08. The van der Waals surface area contributed by atoms with Gasteiger partial charge in [0.05, 0.1) is 13.7 Å². The summed E-state index contributed by atoms with van der Waals surface area (Å²) in [4.78, 5) is 4.22. The van der Waals surface area contributed by atoms with Crippen molar-refractivity contribution in [3.8, 4) is 11.5 Å². The second-order valence-electron chi connectivity index (χ2n) is 5.36. The van der Waals surface area contributed by atoms with E-state index in [0.29, 0.717) is 6.54 Å². The van der Waals surface area contributed by atoms with Crippen molar-refractivity contribution in [3.05, 3.63) is 24.3 Å². The fraction of sp³-hybridized carbons (Fsp3) is 0.611. The lowest BCUT2D eigenvalue weighted by molar-refractivity contribution is 0.143. The zero-order valence-corrected chi connectivity index (χ0v) is 18.0. The van der Waals surface area contributed by atoms with Crippen molar-refractivity contribution in [2.24, 2.45) is 4.99 Å². The van der Waals surface area contributed by atoms with Gasteiger partial charge in [-0.05, 0) is 38.8 Å². The van der Waals surface area contributed by atoms with Gasteiger partial charge < -0.3 is 24.8 Å². The van der Waals surface area contributed by atoms with Crippen LogP contribution in [0.15, 0.2) is 29.3 Å². The van der Waals surface area contributed by atoms with Crippen molar-refractivity contribution in [1.29, 1.82) is 0 Å². The third kappa shape index (κ3) is 10.4. The average molecular weight is 465 g/mol. The van der Waals surface area contributed by atoms with E-state index in [1.807, 2.05) is 38.1 Å². The molecule has 1 rings (SSSR count). The average Bonchev–Trinajstić information content (AvgIpc) is 2.61. The first-order valence-corrected chi connectivity index (χ1v) is 8.53. The number of halogens is 1. The van der Waals surface area contributed by atoms with Crippen LogP contribution in [-0.4, -0.2) is 52.5 Å². The Kier molecular flexibility index (Phi) is 14.3. The highest BCUT2D eigenvalue weighted by molar-refractivity contribution is 14.0. The Bertz CT molecular complexity index is 486. The molecule has 0 bridgehead atoms. The maximum Gasteiger partial charge on any atom is 0.191 e. The molecule has 0 fully saturated rings. The molecule has 6 nitrogen and oxygen atoms in total. The minimum Gasteiger partial charge on any atom is -0.493 e. The first-order valence-electron chi connectivity index (χ1n) is 8.53. The molecular weight excluding hydrogens is 433 g/mol. The van der Waals surface area contributed by atoms with Gasteiger partial charge in [-0.1, -0.05) is 12.1 Å². The van der Waals surface area contributed by atoms with E-state index >= 15 is 0 Å². The van der Waals surface area contributed by atoms with Crippen LogP contribution in [-0.2, 0) is 4.74 Å². The zero-order valence-electron chi connectivity index (χ0n) is 15.7. The van der Waals surface area contributed by atoms with Gasteiger partial charge in [0, 0.05) is 26.8 Å². The summed E-state index contributed by atoms with van der Waals surface area (Å²) >= 11 is 0. The quantitative estimate of drug-likeness (QED) is 0.228. The number of aliphatic imine (C=N–C) groups is 1. The molecule has 0 aromatic heterocycles. The van der Waals surface area contributed by atoms with Crippen molar-refractivity contribution >= 4 is 29.9 Å². The number of ether oxygens (including phenoxy) is 3. The number of unbranched alkanes of at least 4 members (excludes halogenated alkanes) is 1. The molecular formula is C18H32IN3O3. The van der Waals surface area contributed by atoms with Crippen LogP contribution in [0.2, 0.25) is 0 Å². The minimum absolute atomic E-state index is 0. The summed E-state index contributed by atoms with van der Waals surface area (Å²) < 4.78 is 16.5. The SMILES string of the molecule is CCOCCCCNC(=NC)NCC(C)Oc1ccccc1OC.I. The summed E-state index contributed by atoms with van der Waals surface area (Å²) in [6.45, 7) is 7.13. The minimum atomic E-state index is -0.0159. The smallest absolute Gasteiger partial charge is 0.191 e. The van der Waals surface area contributed by atoms with Crippen LogP contribution in [0.5, 0.6) is 11.5 Å². The third-order valence-electron chi connectivity index (χ3n) is 3.39. The van der Waals surface area contributed by atoms with Gasteiger partial charge in [0.1, 0.15) is 6.10 Å². The van der Waals surface area contributed by atoms with Crippen LogP contribution in [0.25, 0.3) is 0 Å². The predicted molar refractivity (Wildman–Crippen MR) is 114 cm³/mol. The lowest BCUT2D eigenvalue weighted by Gasteiger charge is -2.19. The first-order chi connectivity index (χ1) is 11.7. The molecule has 0 radical (unpaired) electrons. The summed E-state index contributed by atoms with van der Waals surface area (Å²) in [7, 11) is 3.41. The van der Waals surface area contributed by atoms with Crippen LogP contribution in [0.3, 0.4) is 0 Å². The Labute approximate surface area is 168 Å². The van der Waals surface area contributed by atoms with Gasteiger partial charge in [-0.3, -0.25) is 4.99 Å². The number of rotatable bonds is 11.